The molecule has 102 valence electrons. The number of rotatable bonds is 4. The molecule has 1 aliphatic heterocycles. The molecule has 5 nitrogen and oxygen atoms in total. The van der Waals surface area contributed by atoms with Gasteiger partial charge in [0.05, 0.1) is 12.5 Å². The third-order valence-electron chi connectivity index (χ3n) is 3.05. The van der Waals surface area contributed by atoms with Crippen molar-refractivity contribution in [2.24, 2.45) is 5.92 Å². The average Bonchev–Trinajstić information content (AvgIpc) is 2.90. The molecule has 2 atom stereocenters. The summed E-state index contributed by atoms with van der Waals surface area (Å²) in [6.07, 6.45) is 0.612. The van der Waals surface area contributed by atoms with E-state index in [0.717, 1.165) is 0 Å². The van der Waals surface area contributed by atoms with Crippen LogP contribution in [0.4, 0.5) is 0 Å². The van der Waals surface area contributed by atoms with Gasteiger partial charge in [0.25, 0.3) is 0 Å². The van der Waals surface area contributed by atoms with Gasteiger partial charge in [-0.2, -0.15) is 0 Å². The van der Waals surface area contributed by atoms with Crippen molar-refractivity contribution in [3.05, 3.63) is 34.9 Å². The highest BCUT2D eigenvalue weighted by molar-refractivity contribution is 6.31. The highest BCUT2D eigenvalue weighted by atomic mass is 35.5. The fraction of sp³-hybridized carbons (Fsp3) is 0.385. The molecule has 0 radical (unpaired) electrons. The molecule has 1 fully saturated rings. The van der Waals surface area contributed by atoms with Crippen molar-refractivity contribution in [2.75, 3.05) is 13.2 Å². The van der Waals surface area contributed by atoms with Gasteiger partial charge in [-0.15, -0.1) is 0 Å². The molecule has 0 aliphatic carbocycles. The highest BCUT2D eigenvalue weighted by Crippen LogP contribution is 2.24. The third kappa shape index (κ3) is 3.24. The predicted molar refractivity (Wildman–Crippen MR) is 68.9 cm³/mol. The molecule has 1 saturated heterocycles. The smallest absolute Gasteiger partial charge is 0.330 e. The van der Waals surface area contributed by atoms with Crippen LogP contribution in [0.2, 0.25) is 5.02 Å². The van der Waals surface area contributed by atoms with Gasteiger partial charge in [-0.05, 0) is 12.5 Å². The number of amides is 1. The Morgan fingerprint density at radius 1 is 1.42 bits per heavy atom. The zero-order chi connectivity index (χ0) is 13.8. The molecule has 1 aromatic carbocycles. The van der Waals surface area contributed by atoms with Gasteiger partial charge in [-0.1, -0.05) is 29.8 Å². The standard InChI is InChI=1S/C13H14ClNO4/c14-10-4-2-1-3-9(10)11(13(17)18)15-12(16)8-5-6-19-7-8/h1-4,8,11H,5-7H2,(H,15,16)(H,17,18)/t8?,11-/m1/s1. The van der Waals surface area contributed by atoms with Crippen LogP contribution in [0.1, 0.15) is 18.0 Å². The van der Waals surface area contributed by atoms with E-state index in [1.165, 1.54) is 0 Å². The lowest BCUT2D eigenvalue weighted by atomic mass is 10.0. The summed E-state index contributed by atoms with van der Waals surface area (Å²) < 4.78 is 5.12. The van der Waals surface area contributed by atoms with Crippen molar-refractivity contribution >= 4 is 23.5 Å². The number of carboxylic acids is 1. The molecule has 1 unspecified atom stereocenters. The van der Waals surface area contributed by atoms with Crippen LogP contribution in [0.25, 0.3) is 0 Å². The Balaban J connectivity index is 2.15. The SMILES string of the molecule is O=C(N[C@@H](C(=O)O)c1ccccc1Cl)C1CCOC1. The van der Waals surface area contributed by atoms with Crippen LogP contribution in [0, 0.1) is 5.92 Å². The normalized spacial score (nSPS) is 19.9. The first-order valence-corrected chi connectivity index (χ1v) is 6.32. The van der Waals surface area contributed by atoms with Crippen LogP contribution < -0.4 is 5.32 Å². The van der Waals surface area contributed by atoms with E-state index >= 15 is 0 Å². The van der Waals surface area contributed by atoms with E-state index in [-0.39, 0.29) is 11.8 Å². The third-order valence-corrected chi connectivity index (χ3v) is 3.39. The van der Waals surface area contributed by atoms with E-state index in [1.54, 1.807) is 24.3 Å². The molecule has 1 aliphatic rings. The van der Waals surface area contributed by atoms with Crippen molar-refractivity contribution < 1.29 is 19.4 Å². The summed E-state index contributed by atoms with van der Waals surface area (Å²) >= 11 is 5.97. The molecule has 0 spiro atoms. The summed E-state index contributed by atoms with van der Waals surface area (Å²) in [5.74, 6) is -1.74. The van der Waals surface area contributed by atoms with Gasteiger partial charge < -0.3 is 15.2 Å². The summed E-state index contributed by atoms with van der Waals surface area (Å²) in [4.78, 5) is 23.2. The topological polar surface area (TPSA) is 75.6 Å². The van der Waals surface area contributed by atoms with Gasteiger partial charge in [0, 0.05) is 17.2 Å². The second-order valence-electron chi connectivity index (χ2n) is 4.36. The number of aliphatic carboxylic acids is 1. The summed E-state index contributed by atoms with van der Waals surface area (Å²) in [5.41, 5.74) is 0.379. The van der Waals surface area contributed by atoms with Crippen LogP contribution in [0.3, 0.4) is 0 Å². The lowest BCUT2D eigenvalue weighted by molar-refractivity contribution is -0.142. The molecule has 19 heavy (non-hydrogen) atoms. The Morgan fingerprint density at radius 3 is 2.74 bits per heavy atom. The minimum atomic E-state index is -1.14. The van der Waals surface area contributed by atoms with E-state index in [2.05, 4.69) is 5.32 Å². The fourth-order valence-electron chi connectivity index (χ4n) is 1.98. The number of ether oxygens (including phenoxy) is 1. The van der Waals surface area contributed by atoms with E-state index in [1.807, 2.05) is 0 Å². The van der Waals surface area contributed by atoms with Crippen molar-refractivity contribution in [2.45, 2.75) is 12.5 Å². The zero-order valence-corrected chi connectivity index (χ0v) is 10.9. The van der Waals surface area contributed by atoms with Gasteiger partial charge in [-0.3, -0.25) is 4.79 Å². The lowest BCUT2D eigenvalue weighted by Crippen LogP contribution is -2.38. The van der Waals surface area contributed by atoms with Crippen LogP contribution in [0.5, 0.6) is 0 Å². The molecule has 0 aromatic heterocycles. The van der Waals surface area contributed by atoms with E-state index in [0.29, 0.717) is 30.2 Å². The Kier molecular flexibility index (Phi) is 4.39. The average molecular weight is 284 g/mol. The molecule has 6 heteroatoms. The van der Waals surface area contributed by atoms with Gasteiger partial charge in [0.15, 0.2) is 6.04 Å². The summed E-state index contributed by atoms with van der Waals surface area (Å²) in [6, 6.07) is 5.44. The molecule has 0 bridgehead atoms. The second-order valence-corrected chi connectivity index (χ2v) is 4.77. The van der Waals surface area contributed by atoms with Crippen LogP contribution in [-0.2, 0) is 14.3 Å². The zero-order valence-electron chi connectivity index (χ0n) is 10.1. The molecule has 0 saturated carbocycles. The largest absolute Gasteiger partial charge is 0.479 e. The number of hydrogen-bond donors (Lipinski definition) is 2. The van der Waals surface area contributed by atoms with Gasteiger partial charge in [0.2, 0.25) is 5.91 Å². The second kappa shape index (κ2) is 6.04. The number of benzene rings is 1. The number of halogens is 1. The van der Waals surface area contributed by atoms with E-state index in [9.17, 15) is 14.7 Å². The predicted octanol–water partition coefficient (Wildman–Crippen LogP) is 1.62. The van der Waals surface area contributed by atoms with Crippen molar-refractivity contribution in [3.8, 4) is 0 Å². The summed E-state index contributed by atoms with van der Waals surface area (Å²) in [5, 5.41) is 12.1. The first-order valence-electron chi connectivity index (χ1n) is 5.95. The monoisotopic (exact) mass is 283 g/mol. The molecular weight excluding hydrogens is 270 g/mol. The first-order chi connectivity index (χ1) is 9.09. The maximum absolute atomic E-state index is 11.9. The van der Waals surface area contributed by atoms with E-state index in [4.69, 9.17) is 16.3 Å². The summed E-state index contributed by atoms with van der Waals surface area (Å²) in [7, 11) is 0. The van der Waals surface area contributed by atoms with Crippen molar-refractivity contribution in [1.29, 1.82) is 0 Å². The maximum atomic E-state index is 11.9. The fourth-order valence-corrected chi connectivity index (χ4v) is 2.23. The number of carboxylic acid groups (broad SMARTS) is 1. The van der Waals surface area contributed by atoms with Gasteiger partial charge >= 0.3 is 5.97 Å². The number of carbonyl (C=O) groups excluding carboxylic acids is 1. The Hall–Kier alpha value is -1.59. The minimum Gasteiger partial charge on any atom is -0.479 e. The molecule has 1 aromatic rings. The number of carbonyl (C=O) groups is 2. The molecule has 2 N–H and O–H groups in total. The molecular formula is C13H14ClNO4. The van der Waals surface area contributed by atoms with Gasteiger partial charge in [0.1, 0.15) is 0 Å². The maximum Gasteiger partial charge on any atom is 0.330 e. The van der Waals surface area contributed by atoms with Crippen LogP contribution in [0.15, 0.2) is 24.3 Å². The quantitative estimate of drug-likeness (QED) is 0.880. The molecule has 1 heterocycles. The van der Waals surface area contributed by atoms with Crippen LogP contribution in [-0.4, -0.2) is 30.2 Å². The van der Waals surface area contributed by atoms with Crippen molar-refractivity contribution in [3.63, 3.8) is 0 Å². The van der Waals surface area contributed by atoms with E-state index < -0.39 is 12.0 Å². The molecule has 1 amide bonds. The summed E-state index contributed by atoms with van der Waals surface area (Å²) in [6.45, 7) is 0.864. The van der Waals surface area contributed by atoms with Crippen LogP contribution >= 0.6 is 11.6 Å². The number of nitrogens with one attached hydrogen (secondary N) is 1. The lowest BCUT2D eigenvalue weighted by Gasteiger charge is -2.18. The Bertz CT molecular complexity index is 485. The first kappa shape index (κ1) is 13.8. The van der Waals surface area contributed by atoms with Gasteiger partial charge in [-0.25, -0.2) is 4.79 Å². The Morgan fingerprint density at radius 2 is 2.16 bits per heavy atom. The molecule has 2 rings (SSSR count). The number of hydrogen-bond acceptors (Lipinski definition) is 3. The minimum absolute atomic E-state index is 0.288. The van der Waals surface area contributed by atoms with Crippen molar-refractivity contribution in [1.82, 2.24) is 5.32 Å². The Labute approximate surface area is 115 Å². The highest BCUT2D eigenvalue weighted by Gasteiger charge is 2.29.